The fraction of sp³-hybridized carbons (Fsp3) is 0.0930. The Balaban J connectivity index is 1.26. The van der Waals surface area contributed by atoms with E-state index in [1.807, 2.05) is 60.7 Å². The van der Waals surface area contributed by atoms with Gasteiger partial charge in [0.2, 0.25) is 0 Å². The van der Waals surface area contributed by atoms with E-state index in [1.165, 1.54) is 33.4 Å². The van der Waals surface area contributed by atoms with Crippen LogP contribution in [0.4, 0.5) is 11.4 Å². The van der Waals surface area contributed by atoms with Gasteiger partial charge in [-0.05, 0) is 52.1 Å². The van der Waals surface area contributed by atoms with Gasteiger partial charge in [-0.1, -0.05) is 141 Å². The fourth-order valence-corrected chi connectivity index (χ4v) is 6.79. The van der Waals surface area contributed by atoms with Crippen LogP contribution in [0, 0.1) is 0 Å². The molecule has 0 radical (unpaired) electrons. The van der Waals surface area contributed by atoms with Gasteiger partial charge in [-0.3, -0.25) is 0 Å². The molecule has 0 unspecified atom stereocenters. The molecule has 1 aromatic heterocycles. The van der Waals surface area contributed by atoms with Gasteiger partial charge in [-0.25, -0.2) is 15.0 Å². The van der Waals surface area contributed by atoms with Crippen molar-refractivity contribution in [2.45, 2.75) is 19.3 Å². The number of aromatic nitrogens is 3. The fourth-order valence-electron chi connectivity index (χ4n) is 6.79. The predicted molar refractivity (Wildman–Crippen MR) is 194 cm³/mol. The quantitative estimate of drug-likeness (QED) is 0.189. The van der Waals surface area contributed by atoms with Crippen LogP contribution in [0.3, 0.4) is 0 Å². The molecule has 1 heterocycles. The first-order chi connectivity index (χ1) is 23.0. The maximum absolute atomic E-state index is 4.99. The molecular weight excluding hydrogens is 573 g/mol. The molecule has 0 atom stereocenters. The Labute approximate surface area is 276 Å². The van der Waals surface area contributed by atoms with Gasteiger partial charge in [-0.2, -0.15) is 0 Å². The largest absolute Gasteiger partial charge is 0.344 e. The van der Waals surface area contributed by atoms with E-state index >= 15 is 0 Å². The summed E-state index contributed by atoms with van der Waals surface area (Å²) in [5.74, 6) is 1.95. The Morgan fingerprint density at radius 3 is 1.55 bits per heavy atom. The third kappa shape index (κ3) is 5.08. The second-order valence-electron chi connectivity index (χ2n) is 12.6. The Hall–Kier alpha value is -5.87. The molecule has 0 aliphatic heterocycles. The van der Waals surface area contributed by atoms with Gasteiger partial charge < -0.3 is 4.90 Å². The summed E-state index contributed by atoms with van der Waals surface area (Å²) in [6.45, 7) is 4.67. The lowest BCUT2D eigenvalue weighted by Gasteiger charge is -2.27. The first-order valence-corrected chi connectivity index (χ1v) is 16.0. The molecule has 4 nitrogen and oxygen atoms in total. The minimum Gasteiger partial charge on any atom is -0.344 e. The number of benzene rings is 6. The van der Waals surface area contributed by atoms with Crippen molar-refractivity contribution in [3.05, 3.63) is 163 Å². The van der Waals surface area contributed by atoms with Crippen molar-refractivity contribution >= 4 is 11.4 Å². The number of anilines is 2. The third-order valence-corrected chi connectivity index (χ3v) is 9.34. The summed E-state index contributed by atoms with van der Waals surface area (Å²) in [6, 6.07) is 53.0. The molecule has 0 amide bonds. The molecule has 0 fully saturated rings. The molecule has 0 saturated carbocycles. The van der Waals surface area contributed by atoms with Crippen molar-refractivity contribution in [1.29, 1.82) is 0 Å². The zero-order valence-electron chi connectivity index (χ0n) is 26.7. The van der Waals surface area contributed by atoms with E-state index in [2.05, 4.69) is 117 Å². The van der Waals surface area contributed by atoms with Crippen molar-refractivity contribution in [2.75, 3.05) is 11.9 Å². The number of rotatable bonds is 6. The van der Waals surface area contributed by atoms with Gasteiger partial charge in [0, 0.05) is 46.1 Å². The first-order valence-electron chi connectivity index (χ1n) is 16.0. The summed E-state index contributed by atoms with van der Waals surface area (Å²) < 4.78 is 0. The SMILES string of the molecule is CN(c1cccc(-c2nc(-c3ccccc3)nc(-c3ccccc3)n2)c1)c1cc2c(cc1-c1ccccc1)-c1ccccc1C2(C)C. The van der Waals surface area contributed by atoms with Crippen molar-refractivity contribution in [1.82, 2.24) is 15.0 Å². The molecule has 0 saturated heterocycles. The van der Waals surface area contributed by atoms with Crippen LogP contribution in [0.15, 0.2) is 152 Å². The van der Waals surface area contributed by atoms with Gasteiger partial charge in [0.25, 0.3) is 0 Å². The molecule has 1 aliphatic carbocycles. The van der Waals surface area contributed by atoms with Gasteiger partial charge in [-0.15, -0.1) is 0 Å². The van der Waals surface area contributed by atoms with Crippen LogP contribution < -0.4 is 4.90 Å². The lowest BCUT2D eigenvalue weighted by Crippen LogP contribution is -2.17. The molecule has 0 bridgehead atoms. The smallest absolute Gasteiger partial charge is 0.164 e. The summed E-state index contributed by atoms with van der Waals surface area (Å²) in [6.07, 6.45) is 0. The molecule has 7 aromatic rings. The molecule has 1 aliphatic rings. The maximum Gasteiger partial charge on any atom is 0.164 e. The van der Waals surface area contributed by atoms with E-state index in [-0.39, 0.29) is 5.41 Å². The number of hydrogen-bond acceptors (Lipinski definition) is 4. The minimum atomic E-state index is -0.106. The average molecular weight is 607 g/mol. The van der Waals surface area contributed by atoms with Gasteiger partial charge in [0.1, 0.15) is 0 Å². The van der Waals surface area contributed by atoms with Crippen LogP contribution in [0.5, 0.6) is 0 Å². The molecule has 6 aromatic carbocycles. The third-order valence-electron chi connectivity index (χ3n) is 9.34. The second-order valence-corrected chi connectivity index (χ2v) is 12.6. The first kappa shape index (κ1) is 28.6. The molecule has 47 heavy (non-hydrogen) atoms. The lowest BCUT2D eigenvalue weighted by atomic mass is 9.81. The Kier molecular flexibility index (Phi) is 6.99. The van der Waals surface area contributed by atoms with Gasteiger partial charge >= 0.3 is 0 Å². The van der Waals surface area contributed by atoms with E-state index in [4.69, 9.17) is 15.0 Å². The van der Waals surface area contributed by atoms with Crippen molar-refractivity contribution in [3.8, 4) is 56.4 Å². The zero-order chi connectivity index (χ0) is 32.0. The molecule has 0 N–H and O–H groups in total. The van der Waals surface area contributed by atoms with Crippen molar-refractivity contribution < 1.29 is 0 Å². The maximum atomic E-state index is 4.99. The van der Waals surface area contributed by atoms with Crippen LogP contribution in [0.25, 0.3) is 56.4 Å². The van der Waals surface area contributed by atoms with Gasteiger partial charge in [0.15, 0.2) is 17.5 Å². The zero-order valence-corrected chi connectivity index (χ0v) is 26.7. The monoisotopic (exact) mass is 606 g/mol. The highest BCUT2D eigenvalue weighted by Crippen LogP contribution is 2.52. The van der Waals surface area contributed by atoms with Crippen LogP contribution in [-0.4, -0.2) is 22.0 Å². The van der Waals surface area contributed by atoms with E-state index in [0.29, 0.717) is 17.5 Å². The van der Waals surface area contributed by atoms with Crippen LogP contribution in [-0.2, 0) is 5.41 Å². The Morgan fingerprint density at radius 2 is 0.936 bits per heavy atom. The summed E-state index contributed by atoms with van der Waals surface area (Å²) >= 11 is 0. The topological polar surface area (TPSA) is 41.9 Å². The predicted octanol–water partition coefficient (Wildman–Crippen LogP) is 10.6. The summed E-state index contributed by atoms with van der Waals surface area (Å²) in [5, 5.41) is 0. The Bertz CT molecular complexity index is 2170. The van der Waals surface area contributed by atoms with Gasteiger partial charge in [0.05, 0.1) is 0 Å². The second kappa shape index (κ2) is 11.5. The minimum absolute atomic E-state index is 0.106. The summed E-state index contributed by atoms with van der Waals surface area (Å²) in [7, 11) is 2.15. The van der Waals surface area contributed by atoms with E-state index in [1.54, 1.807) is 0 Å². The lowest BCUT2D eigenvalue weighted by molar-refractivity contribution is 0.660. The molecule has 0 spiro atoms. The number of fused-ring (bicyclic) bond motifs is 3. The van der Waals surface area contributed by atoms with Crippen molar-refractivity contribution in [3.63, 3.8) is 0 Å². The van der Waals surface area contributed by atoms with Crippen molar-refractivity contribution in [2.24, 2.45) is 0 Å². The number of hydrogen-bond donors (Lipinski definition) is 0. The van der Waals surface area contributed by atoms with E-state index in [9.17, 15) is 0 Å². The van der Waals surface area contributed by atoms with Crippen LogP contribution in [0.2, 0.25) is 0 Å². The highest BCUT2D eigenvalue weighted by Gasteiger charge is 2.36. The van der Waals surface area contributed by atoms with Crippen LogP contribution in [0.1, 0.15) is 25.0 Å². The summed E-state index contributed by atoms with van der Waals surface area (Å²) in [5.41, 5.74) is 12.7. The normalized spacial score (nSPS) is 12.7. The standard InChI is InChI=1S/C43H34N4/c1-43(2)37-25-14-13-24-34(37)36-27-35(29-16-7-4-8-17-29)39(28-38(36)43)47(3)33-23-15-22-32(26-33)42-45-40(30-18-9-5-10-19-30)44-41(46-42)31-20-11-6-12-21-31/h4-28H,1-3H3. The van der Waals surface area contributed by atoms with E-state index in [0.717, 1.165) is 28.1 Å². The highest BCUT2D eigenvalue weighted by molar-refractivity contribution is 5.92. The van der Waals surface area contributed by atoms with E-state index < -0.39 is 0 Å². The Morgan fingerprint density at radius 1 is 0.426 bits per heavy atom. The molecule has 4 heteroatoms. The summed E-state index contributed by atoms with van der Waals surface area (Å²) in [4.78, 5) is 17.1. The number of nitrogens with zero attached hydrogens (tertiary/aromatic N) is 4. The van der Waals surface area contributed by atoms with Crippen LogP contribution >= 0.6 is 0 Å². The molecule has 226 valence electrons. The molecular formula is C43H34N4. The molecule has 8 rings (SSSR count). The average Bonchev–Trinajstić information content (AvgIpc) is 3.37. The highest BCUT2D eigenvalue weighted by atomic mass is 15.1.